The van der Waals surface area contributed by atoms with Gasteiger partial charge < -0.3 is 15.0 Å². The number of nitrogens with zero attached hydrogens (tertiary/aromatic N) is 1. The summed E-state index contributed by atoms with van der Waals surface area (Å²) in [7, 11) is 0. The maximum absolute atomic E-state index is 13.1. The van der Waals surface area contributed by atoms with E-state index in [0.717, 1.165) is 58.3 Å². The highest BCUT2D eigenvalue weighted by molar-refractivity contribution is 5.84. The molecule has 4 fully saturated rings. The van der Waals surface area contributed by atoms with Crippen molar-refractivity contribution in [3.8, 4) is 0 Å². The lowest BCUT2D eigenvalue weighted by molar-refractivity contribution is -0.135. The summed E-state index contributed by atoms with van der Waals surface area (Å²) < 4.78 is 5.58. The van der Waals surface area contributed by atoms with Gasteiger partial charge in [0.1, 0.15) is 0 Å². The number of ether oxygens (including phenoxy) is 1. The molecule has 1 unspecified atom stereocenters. The molecule has 0 radical (unpaired) electrons. The molecule has 0 bridgehead atoms. The van der Waals surface area contributed by atoms with Crippen LogP contribution in [0.3, 0.4) is 0 Å². The number of hydrogen-bond acceptors (Lipinski definition) is 3. The lowest BCUT2D eigenvalue weighted by Gasteiger charge is -2.37. The quantitative estimate of drug-likeness (QED) is 0.852. The normalized spacial score (nSPS) is 30.2. The second-order valence-corrected chi connectivity index (χ2v) is 8.72. The third-order valence-corrected chi connectivity index (χ3v) is 7.17. The molecule has 0 aromatic rings. The Bertz CT molecular complexity index is 503. The molecule has 2 saturated heterocycles. The molecule has 1 N–H and O–H groups in total. The van der Waals surface area contributed by atoms with E-state index in [9.17, 15) is 9.59 Å². The zero-order chi connectivity index (χ0) is 17.3. The molecule has 0 aromatic carbocycles. The van der Waals surface area contributed by atoms with Crippen molar-refractivity contribution >= 4 is 11.8 Å². The highest BCUT2D eigenvalue weighted by atomic mass is 16.5. The summed E-state index contributed by atoms with van der Waals surface area (Å²) in [5, 5.41) is 3.30. The number of likely N-dealkylation sites (tertiary alicyclic amines) is 1. The zero-order valence-corrected chi connectivity index (χ0v) is 15.3. The zero-order valence-electron chi connectivity index (χ0n) is 15.3. The number of carbonyl (C=O) groups is 2. The monoisotopic (exact) mass is 348 g/mol. The molecule has 4 aliphatic rings. The van der Waals surface area contributed by atoms with Crippen molar-refractivity contribution < 1.29 is 14.3 Å². The minimum absolute atomic E-state index is 0.0534. The Labute approximate surface area is 150 Å². The number of amides is 2. The second-order valence-electron chi connectivity index (χ2n) is 8.72. The van der Waals surface area contributed by atoms with Gasteiger partial charge in [0.25, 0.3) is 0 Å². The van der Waals surface area contributed by atoms with Crippen LogP contribution in [0.25, 0.3) is 0 Å². The van der Waals surface area contributed by atoms with E-state index in [0.29, 0.717) is 18.5 Å². The smallest absolute Gasteiger partial charge is 0.225 e. The summed E-state index contributed by atoms with van der Waals surface area (Å²) in [6, 6.07) is 0.351. The third-order valence-electron chi connectivity index (χ3n) is 7.17. The van der Waals surface area contributed by atoms with Gasteiger partial charge in [-0.3, -0.25) is 9.59 Å². The third kappa shape index (κ3) is 3.44. The van der Waals surface area contributed by atoms with Crippen LogP contribution in [0, 0.1) is 17.3 Å². The van der Waals surface area contributed by atoms with E-state index in [1.165, 1.54) is 25.7 Å². The Morgan fingerprint density at radius 1 is 0.960 bits per heavy atom. The fraction of sp³-hybridized carbons (Fsp3) is 0.900. The van der Waals surface area contributed by atoms with Gasteiger partial charge in [0.05, 0.1) is 5.92 Å². The second kappa shape index (κ2) is 7.26. The fourth-order valence-corrected chi connectivity index (χ4v) is 5.59. The summed E-state index contributed by atoms with van der Waals surface area (Å²) >= 11 is 0. The van der Waals surface area contributed by atoms with Crippen LogP contribution in [0.5, 0.6) is 0 Å². The first-order chi connectivity index (χ1) is 12.2. The molecule has 2 heterocycles. The van der Waals surface area contributed by atoms with Gasteiger partial charge in [0, 0.05) is 43.7 Å². The molecule has 2 aliphatic carbocycles. The molecule has 2 amide bonds. The van der Waals surface area contributed by atoms with Crippen molar-refractivity contribution in [2.75, 3.05) is 26.3 Å². The van der Waals surface area contributed by atoms with E-state index in [1.807, 2.05) is 4.90 Å². The molecule has 25 heavy (non-hydrogen) atoms. The molecule has 5 heteroatoms. The lowest BCUT2D eigenvalue weighted by atomic mass is 9.71. The van der Waals surface area contributed by atoms with E-state index < -0.39 is 0 Å². The first-order valence-corrected chi connectivity index (χ1v) is 10.3. The van der Waals surface area contributed by atoms with Gasteiger partial charge >= 0.3 is 0 Å². The van der Waals surface area contributed by atoms with Crippen molar-refractivity contribution in [2.45, 2.75) is 70.3 Å². The molecule has 1 atom stereocenters. The predicted octanol–water partition coefficient (Wildman–Crippen LogP) is 2.49. The molecule has 2 aliphatic heterocycles. The van der Waals surface area contributed by atoms with Crippen LogP contribution in [0.4, 0.5) is 0 Å². The Kier molecular flexibility index (Phi) is 5.03. The van der Waals surface area contributed by atoms with E-state index in [2.05, 4.69) is 5.32 Å². The molecule has 5 nitrogen and oxygen atoms in total. The van der Waals surface area contributed by atoms with Gasteiger partial charge in [0.15, 0.2) is 0 Å². The first-order valence-electron chi connectivity index (χ1n) is 10.3. The number of carbonyl (C=O) groups excluding carboxylic acids is 2. The molecular weight excluding hydrogens is 316 g/mol. The molecule has 4 rings (SSSR count). The molecule has 0 aromatic heterocycles. The molecular formula is C20H32N2O3. The Morgan fingerprint density at radius 2 is 1.60 bits per heavy atom. The molecule has 140 valence electrons. The highest BCUT2D eigenvalue weighted by Gasteiger charge is 2.52. The fourth-order valence-electron chi connectivity index (χ4n) is 5.59. The van der Waals surface area contributed by atoms with Crippen molar-refractivity contribution in [2.24, 2.45) is 17.3 Å². The van der Waals surface area contributed by atoms with Crippen LogP contribution in [-0.2, 0) is 14.3 Å². The largest absolute Gasteiger partial charge is 0.381 e. The van der Waals surface area contributed by atoms with Crippen LogP contribution >= 0.6 is 0 Å². The van der Waals surface area contributed by atoms with E-state index in [1.54, 1.807) is 0 Å². The Balaban J connectivity index is 1.48. The average molecular weight is 348 g/mol. The highest BCUT2D eigenvalue weighted by Crippen LogP contribution is 2.45. The van der Waals surface area contributed by atoms with Gasteiger partial charge in [-0.1, -0.05) is 25.7 Å². The summed E-state index contributed by atoms with van der Waals surface area (Å²) in [6.45, 7) is 2.82. The van der Waals surface area contributed by atoms with Crippen LogP contribution in [0.15, 0.2) is 0 Å². The topological polar surface area (TPSA) is 58.6 Å². The van der Waals surface area contributed by atoms with Crippen molar-refractivity contribution in [1.29, 1.82) is 0 Å². The summed E-state index contributed by atoms with van der Waals surface area (Å²) in [4.78, 5) is 28.1. The van der Waals surface area contributed by atoms with Crippen molar-refractivity contribution in [1.82, 2.24) is 10.2 Å². The van der Waals surface area contributed by atoms with Crippen LogP contribution in [0.2, 0.25) is 0 Å². The van der Waals surface area contributed by atoms with Crippen LogP contribution in [-0.4, -0.2) is 49.1 Å². The van der Waals surface area contributed by atoms with E-state index in [4.69, 9.17) is 4.74 Å². The van der Waals surface area contributed by atoms with Gasteiger partial charge in [-0.15, -0.1) is 0 Å². The minimum Gasteiger partial charge on any atom is -0.381 e. The van der Waals surface area contributed by atoms with Crippen LogP contribution < -0.4 is 5.32 Å². The molecule has 2 saturated carbocycles. The van der Waals surface area contributed by atoms with E-state index in [-0.39, 0.29) is 23.2 Å². The van der Waals surface area contributed by atoms with Crippen molar-refractivity contribution in [3.05, 3.63) is 0 Å². The number of rotatable bonds is 3. The molecule has 1 spiro atoms. The Morgan fingerprint density at radius 3 is 2.28 bits per heavy atom. The maximum Gasteiger partial charge on any atom is 0.225 e. The van der Waals surface area contributed by atoms with Gasteiger partial charge in [-0.2, -0.15) is 0 Å². The Hall–Kier alpha value is -1.10. The minimum atomic E-state index is -0.0603. The maximum atomic E-state index is 13.1. The summed E-state index contributed by atoms with van der Waals surface area (Å²) in [5.41, 5.74) is -0.0603. The van der Waals surface area contributed by atoms with E-state index >= 15 is 0 Å². The van der Waals surface area contributed by atoms with Gasteiger partial charge in [0.2, 0.25) is 11.8 Å². The van der Waals surface area contributed by atoms with Gasteiger partial charge in [-0.25, -0.2) is 0 Å². The standard InChI is InChI=1S/C20H32N2O3/c23-18(21-16-7-3-4-8-16)17-13-22(19(24)15-5-1-2-6-15)14-20(17)9-11-25-12-10-20/h15-17H,1-14H2,(H,21,23). The first kappa shape index (κ1) is 17.3. The number of nitrogens with one attached hydrogen (secondary N) is 1. The van der Waals surface area contributed by atoms with Gasteiger partial charge in [-0.05, 0) is 38.5 Å². The average Bonchev–Trinajstić information content (AvgIpc) is 3.36. The predicted molar refractivity (Wildman–Crippen MR) is 94.9 cm³/mol. The lowest BCUT2D eigenvalue weighted by Crippen LogP contribution is -2.46. The number of hydrogen-bond donors (Lipinski definition) is 1. The van der Waals surface area contributed by atoms with Crippen LogP contribution in [0.1, 0.15) is 64.2 Å². The summed E-state index contributed by atoms with van der Waals surface area (Å²) in [6.07, 6.45) is 10.9. The van der Waals surface area contributed by atoms with Crippen molar-refractivity contribution in [3.63, 3.8) is 0 Å². The summed E-state index contributed by atoms with van der Waals surface area (Å²) in [5.74, 6) is 0.644. The SMILES string of the molecule is O=C(NC1CCCC1)C1CN(C(=O)C2CCCC2)CC12CCOCC2.